The van der Waals surface area contributed by atoms with Gasteiger partial charge in [0.2, 0.25) is 5.91 Å². The number of esters is 1. The van der Waals surface area contributed by atoms with Crippen LogP contribution in [-0.2, 0) is 32.5 Å². The minimum atomic E-state index is -1.12. The highest BCUT2D eigenvalue weighted by molar-refractivity contribution is 6.32. The number of carbonyl (C=O) groups is 3. The van der Waals surface area contributed by atoms with Crippen molar-refractivity contribution in [2.24, 2.45) is 13.0 Å². The monoisotopic (exact) mass is 584 g/mol. The van der Waals surface area contributed by atoms with Crippen LogP contribution in [0.4, 0.5) is 10.1 Å². The van der Waals surface area contributed by atoms with E-state index in [1.165, 1.54) is 12.0 Å². The predicted octanol–water partition coefficient (Wildman–Crippen LogP) is 4.71. The van der Waals surface area contributed by atoms with Crippen LogP contribution in [0.1, 0.15) is 48.2 Å². The molecule has 3 aromatic rings. The summed E-state index contributed by atoms with van der Waals surface area (Å²) in [5.74, 6) is -0.867. The molecule has 1 saturated heterocycles. The third kappa shape index (κ3) is 6.54. The molecule has 2 aromatic heterocycles. The summed E-state index contributed by atoms with van der Waals surface area (Å²) in [5, 5.41) is 3.69. The summed E-state index contributed by atoms with van der Waals surface area (Å²) in [7, 11) is 3.27. The molecule has 2 fully saturated rings. The topological polar surface area (TPSA) is 103 Å². The number of nitrogens with zero attached hydrogens (tertiary/aromatic N) is 3. The van der Waals surface area contributed by atoms with Gasteiger partial charge in [-0.15, -0.1) is 0 Å². The van der Waals surface area contributed by atoms with E-state index in [0.717, 1.165) is 23.7 Å². The second-order valence-corrected chi connectivity index (χ2v) is 11.2. The summed E-state index contributed by atoms with van der Waals surface area (Å²) >= 11 is 6.39. The molecule has 0 bridgehead atoms. The zero-order valence-corrected chi connectivity index (χ0v) is 23.9. The van der Waals surface area contributed by atoms with E-state index >= 15 is 0 Å². The van der Waals surface area contributed by atoms with Crippen molar-refractivity contribution in [2.75, 3.05) is 25.6 Å². The Balaban J connectivity index is 1.17. The summed E-state index contributed by atoms with van der Waals surface area (Å²) in [6.45, 7) is 0.252. The molecule has 5 rings (SSSR count). The lowest BCUT2D eigenvalue weighted by molar-refractivity contribution is -0.148. The van der Waals surface area contributed by atoms with Crippen molar-refractivity contribution in [3.8, 4) is 0 Å². The first-order chi connectivity index (χ1) is 19.7. The number of aryl methyl sites for hydroxylation is 1. The fraction of sp³-hybridized carbons (Fsp3) is 0.467. The molecule has 11 heteroatoms. The van der Waals surface area contributed by atoms with Gasteiger partial charge >= 0.3 is 5.97 Å². The van der Waals surface area contributed by atoms with E-state index in [2.05, 4.69) is 10.3 Å². The Kier molecular flexibility index (Phi) is 8.89. The number of ether oxygens (including phenoxy) is 2. The van der Waals surface area contributed by atoms with Crippen LogP contribution >= 0.6 is 11.6 Å². The SMILES string of the molecule is COC(=O)[C@H]1CC[C@H](OC[C@@H]2C[C@H](F)CN2C(=O)Cc2ccc(NC(=O)c3cn(C)c4ccccc34)c(Cl)n2)CC1. The lowest BCUT2D eigenvalue weighted by atomic mass is 9.87. The molecule has 1 saturated carbocycles. The first kappa shape index (κ1) is 29.0. The van der Waals surface area contributed by atoms with Crippen LogP contribution in [0.15, 0.2) is 42.6 Å². The van der Waals surface area contributed by atoms with Crippen LogP contribution in [-0.4, -0.2) is 70.8 Å². The Morgan fingerprint density at radius 1 is 1.12 bits per heavy atom. The minimum Gasteiger partial charge on any atom is -0.469 e. The number of anilines is 1. The second kappa shape index (κ2) is 12.6. The van der Waals surface area contributed by atoms with E-state index in [4.69, 9.17) is 21.1 Å². The summed E-state index contributed by atoms with van der Waals surface area (Å²) < 4.78 is 27.1. The van der Waals surface area contributed by atoms with Crippen molar-refractivity contribution < 1.29 is 28.2 Å². The molecule has 2 aliphatic rings. The highest BCUT2D eigenvalue weighted by atomic mass is 35.5. The van der Waals surface area contributed by atoms with Crippen molar-refractivity contribution in [3.63, 3.8) is 0 Å². The Labute approximate surface area is 242 Å². The van der Waals surface area contributed by atoms with Gasteiger partial charge in [0.25, 0.3) is 5.91 Å². The normalized spacial score (nSPS) is 22.6. The summed E-state index contributed by atoms with van der Waals surface area (Å²) in [5.41, 5.74) is 2.20. The molecular formula is C30H34ClFN4O5. The maximum atomic E-state index is 14.4. The van der Waals surface area contributed by atoms with Crippen molar-refractivity contribution in [1.82, 2.24) is 14.5 Å². The van der Waals surface area contributed by atoms with E-state index in [0.29, 0.717) is 29.8 Å². The van der Waals surface area contributed by atoms with Gasteiger partial charge in [-0.05, 0) is 43.9 Å². The molecule has 1 aliphatic heterocycles. The molecule has 0 unspecified atom stereocenters. The van der Waals surface area contributed by atoms with Gasteiger partial charge in [-0.25, -0.2) is 9.37 Å². The van der Waals surface area contributed by atoms with Gasteiger partial charge in [0.15, 0.2) is 5.15 Å². The number of carbonyl (C=O) groups excluding carboxylic acids is 3. The van der Waals surface area contributed by atoms with Gasteiger partial charge in [0.05, 0.1) is 61.7 Å². The van der Waals surface area contributed by atoms with Gasteiger partial charge in [-0.3, -0.25) is 14.4 Å². The quantitative estimate of drug-likeness (QED) is 0.304. The number of hydrogen-bond donors (Lipinski definition) is 1. The van der Waals surface area contributed by atoms with Gasteiger partial charge in [0, 0.05) is 30.6 Å². The standard InChI is InChI=1S/C30H34ClFN4O5/c1-35-16-24(23-5-3-4-6-26(23)35)29(38)34-25-12-9-20(33-28(25)31)14-27(37)36-15-19(32)13-21(36)17-41-22-10-7-18(8-11-22)30(39)40-2/h3-6,9,12,16,18-19,21-22H,7-8,10-11,13-15,17H2,1-2H3,(H,34,38)/t18-,19-,21-,22-/m0/s1. The van der Waals surface area contributed by atoms with Crippen LogP contribution in [0, 0.1) is 5.92 Å². The van der Waals surface area contributed by atoms with Gasteiger partial charge < -0.3 is 24.3 Å². The average molecular weight is 585 g/mol. The molecule has 41 heavy (non-hydrogen) atoms. The minimum absolute atomic E-state index is 0.00878. The molecule has 1 aromatic carbocycles. The van der Waals surface area contributed by atoms with E-state index in [1.807, 2.05) is 35.9 Å². The number of aromatic nitrogens is 2. The molecule has 2 atom stereocenters. The zero-order valence-electron chi connectivity index (χ0n) is 23.1. The Hall–Kier alpha value is -3.50. The first-order valence-corrected chi connectivity index (χ1v) is 14.2. The highest BCUT2D eigenvalue weighted by Gasteiger charge is 2.36. The second-order valence-electron chi connectivity index (χ2n) is 10.8. The lowest BCUT2D eigenvalue weighted by Crippen LogP contribution is -2.40. The molecule has 9 nitrogen and oxygen atoms in total. The number of fused-ring (bicyclic) bond motifs is 1. The summed E-state index contributed by atoms with van der Waals surface area (Å²) in [4.78, 5) is 43.8. The third-order valence-corrected chi connectivity index (χ3v) is 8.33. The molecule has 0 spiro atoms. The number of benzene rings is 1. The number of amides is 2. The predicted molar refractivity (Wildman–Crippen MR) is 153 cm³/mol. The average Bonchev–Trinajstić information content (AvgIpc) is 3.52. The van der Waals surface area contributed by atoms with Crippen molar-refractivity contribution in [1.29, 1.82) is 0 Å². The van der Waals surface area contributed by atoms with Crippen LogP contribution in [0.2, 0.25) is 5.15 Å². The number of likely N-dealkylation sites (tertiary alicyclic amines) is 1. The van der Waals surface area contributed by atoms with Crippen molar-refractivity contribution in [3.05, 3.63) is 59.0 Å². The maximum Gasteiger partial charge on any atom is 0.308 e. The molecule has 1 N–H and O–H groups in total. The molecule has 0 radical (unpaired) electrons. The van der Waals surface area contributed by atoms with Crippen molar-refractivity contribution >= 4 is 46.0 Å². The number of para-hydroxylation sites is 1. The first-order valence-electron chi connectivity index (χ1n) is 13.9. The van der Waals surface area contributed by atoms with Gasteiger partial charge in [-0.2, -0.15) is 0 Å². The fourth-order valence-corrected chi connectivity index (χ4v) is 6.05. The lowest BCUT2D eigenvalue weighted by Gasteiger charge is -2.30. The molecule has 218 valence electrons. The molecule has 2 amide bonds. The summed E-state index contributed by atoms with van der Waals surface area (Å²) in [6, 6.07) is 10.5. The van der Waals surface area contributed by atoms with E-state index in [-0.39, 0.29) is 67.0 Å². The highest BCUT2D eigenvalue weighted by Crippen LogP contribution is 2.29. The number of pyridine rings is 1. The maximum absolute atomic E-state index is 14.4. The third-order valence-electron chi connectivity index (χ3n) is 8.05. The number of rotatable bonds is 8. The van der Waals surface area contributed by atoms with E-state index in [1.54, 1.807) is 18.3 Å². The smallest absolute Gasteiger partial charge is 0.308 e. The Bertz CT molecular complexity index is 1440. The van der Waals surface area contributed by atoms with Gasteiger partial charge in [-0.1, -0.05) is 29.8 Å². The summed E-state index contributed by atoms with van der Waals surface area (Å²) in [6.07, 6.45) is 3.63. The Morgan fingerprint density at radius 2 is 1.88 bits per heavy atom. The number of hydrogen-bond acceptors (Lipinski definition) is 6. The van der Waals surface area contributed by atoms with Crippen LogP contribution in [0.5, 0.6) is 0 Å². The van der Waals surface area contributed by atoms with E-state index < -0.39 is 6.17 Å². The molecule has 1 aliphatic carbocycles. The van der Waals surface area contributed by atoms with Crippen LogP contribution < -0.4 is 5.32 Å². The number of methoxy groups -OCH3 is 1. The van der Waals surface area contributed by atoms with Crippen LogP contribution in [0.25, 0.3) is 10.9 Å². The Morgan fingerprint density at radius 3 is 2.61 bits per heavy atom. The molecule has 3 heterocycles. The zero-order chi connectivity index (χ0) is 29.1. The van der Waals surface area contributed by atoms with Crippen LogP contribution in [0.3, 0.4) is 0 Å². The number of nitrogens with one attached hydrogen (secondary N) is 1. The van der Waals surface area contributed by atoms with E-state index in [9.17, 15) is 18.8 Å². The fourth-order valence-electron chi connectivity index (χ4n) is 5.83. The number of halogens is 2. The van der Waals surface area contributed by atoms with Crippen molar-refractivity contribution in [2.45, 2.75) is 56.8 Å². The van der Waals surface area contributed by atoms with Gasteiger partial charge in [0.1, 0.15) is 6.17 Å². The number of alkyl halides is 1. The molecular weight excluding hydrogens is 551 g/mol. The largest absolute Gasteiger partial charge is 0.469 e.